The Labute approximate surface area is 88.4 Å². The summed E-state index contributed by atoms with van der Waals surface area (Å²) in [5.41, 5.74) is 6.30. The van der Waals surface area contributed by atoms with Crippen molar-refractivity contribution in [2.45, 2.75) is 6.92 Å². The smallest absolute Gasteiger partial charge is 0.238 e. The van der Waals surface area contributed by atoms with Crippen LogP contribution in [0, 0.1) is 11.3 Å². The van der Waals surface area contributed by atoms with Gasteiger partial charge in [-0.2, -0.15) is 5.26 Å². The summed E-state index contributed by atoms with van der Waals surface area (Å²) in [5.74, 6) is 0.286. The molecule has 0 amide bonds. The molecule has 5 nitrogen and oxygen atoms in total. The maximum atomic E-state index is 8.71. The van der Waals surface area contributed by atoms with Gasteiger partial charge in [0.1, 0.15) is 18.4 Å². The van der Waals surface area contributed by atoms with Crippen molar-refractivity contribution in [2.24, 2.45) is 0 Å². The molecule has 15 heavy (non-hydrogen) atoms. The molecule has 0 saturated heterocycles. The minimum atomic E-state index is 0.275. The topological polar surface area (TPSA) is 81.2 Å². The second kappa shape index (κ2) is 5.83. The Morgan fingerprint density at radius 1 is 1.53 bits per heavy atom. The maximum Gasteiger partial charge on any atom is 0.238 e. The first-order valence-corrected chi connectivity index (χ1v) is 4.64. The van der Waals surface area contributed by atoms with Gasteiger partial charge in [-0.3, -0.25) is 0 Å². The van der Waals surface area contributed by atoms with E-state index in [9.17, 15) is 0 Å². The van der Waals surface area contributed by atoms with E-state index in [-0.39, 0.29) is 11.6 Å². The molecular formula is C10H13N3O2. The van der Waals surface area contributed by atoms with Crippen molar-refractivity contribution in [2.75, 3.05) is 25.6 Å². The van der Waals surface area contributed by atoms with Crippen LogP contribution in [0.1, 0.15) is 12.5 Å². The molecule has 2 N–H and O–H groups in total. The summed E-state index contributed by atoms with van der Waals surface area (Å²) in [4.78, 5) is 3.93. The van der Waals surface area contributed by atoms with E-state index in [4.69, 9.17) is 20.5 Å². The van der Waals surface area contributed by atoms with Gasteiger partial charge in [0.2, 0.25) is 5.88 Å². The van der Waals surface area contributed by atoms with Crippen LogP contribution in [-0.2, 0) is 4.74 Å². The summed E-state index contributed by atoms with van der Waals surface area (Å²) in [5, 5.41) is 8.71. The fourth-order valence-corrected chi connectivity index (χ4v) is 1.01. The Hall–Kier alpha value is -1.80. The highest BCUT2D eigenvalue weighted by molar-refractivity contribution is 5.59. The van der Waals surface area contributed by atoms with Gasteiger partial charge >= 0.3 is 0 Å². The molecule has 5 heteroatoms. The average molecular weight is 207 g/mol. The van der Waals surface area contributed by atoms with Gasteiger partial charge in [-0.15, -0.1) is 0 Å². The van der Waals surface area contributed by atoms with Crippen molar-refractivity contribution in [3.05, 3.63) is 17.8 Å². The molecule has 0 bridgehead atoms. The van der Waals surface area contributed by atoms with Crippen LogP contribution in [-0.4, -0.2) is 24.8 Å². The number of nitrogens with zero attached hydrogens (tertiary/aromatic N) is 2. The molecule has 1 aromatic heterocycles. The van der Waals surface area contributed by atoms with Gasteiger partial charge in [0.05, 0.1) is 12.2 Å². The molecule has 0 unspecified atom stereocenters. The maximum absolute atomic E-state index is 8.71. The minimum absolute atomic E-state index is 0.275. The number of ether oxygens (including phenoxy) is 2. The number of rotatable bonds is 5. The first-order valence-electron chi connectivity index (χ1n) is 4.64. The van der Waals surface area contributed by atoms with Crippen molar-refractivity contribution in [1.82, 2.24) is 4.98 Å². The lowest BCUT2D eigenvalue weighted by Gasteiger charge is -2.07. The van der Waals surface area contributed by atoms with E-state index in [1.807, 2.05) is 13.0 Å². The molecule has 0 radical (unpaired) electrons. The predicted octanol–water partition coefficient (Wildman–Crippen LogP) is 0.951. The van der Waals surface area contributed by atoms with E-state index in [1.165, 1.54) is 6.20 Å². The molecule has 0 aliphatic heterocycles. The molecule has 0 spiro atoms. The van der Waals surface area contributed by atoms with Gasteiger partial charge < -0.3 is 15.2 Å². The summed E-state index contributed by atoms with van der Waals surface area (Å²) in [6.45, 7) is 3.40. The van der Waals surface area contributed by atoms with Crippen molar-refractivity contribution in [3.63, 3.8) is 0 Å². The molecule has 0 aliphatic carbocycles. The largest absolute Gasteiger partial charge is 0.474 e. The lowest BCUT2D eigenvalue weighted by molar-refractivity contribution is 0.109. The highest BCUT2D eigenvalue weighted by Gasteiger charge is 2.06. The quantitative estimate of drug-likeness (QED) is 0.727. The van der Waals surface area contributed by atoms with Crippen molar-refractivity contribution >= 4 is 5.69 Å². The fraction of sp³-hybridized carbons (Fsp3) is 0.400. The van der Waals surface area contributed by atoms with Crippen molar-refractivity contribution < 1.29 is 9.47 Å². The van der Waals surface area contributed by atoms with Crippen LogP contribution in [0.3, 0.4) is 0 Å². The highest BCUT2D eigenvalue weighted by atomic mass is 16.5. The molecule has 0 fully saturated rings. The second-order valence-corrected chi connectivity index (χ2v) is 2.73. The van der Waals surface area contributed by atoms with Crippen LogP contribution in [0.25, 0.3) is 0 Å². The van der Waals surface area contributed by atoms with Crippen LogP contribution in [0.4, 0.5) is 5.69 Å². The molecule has 0 aliphatic rings. The van der Waals surface area contributed by atoms with Gasteiger partial charge in [0, 0.05) is 12.8 Å². The SMILES string of the molecule is CCOCCOc1nccc(C#N)c1N. The third-order valence-corrected chi connectivity index (χ3v) is 1.74. The molecule has 0 saturated carbocycles. The minimum Gasteiger partial charge on any atom is -0.474 e. The van der Waals surface area contributed by atoms with Crippen LogP contribution < -0.4 is 10.5 Å². The monoisotopic (exact) mass is 207 g/mol. The van der Waals surface area contributed by atoms with E-state index in [0.717, 1.165) is 0 Å². The lowest BCUT2D eigenvalue weighted by Crippen LogP contribution is -2.09. The second-order valence-electron chi connectivity index (χ2n) is 2.73. The Bertz CT molecular complexity index is 360. The number of anilines is 1. The number of nitriles is 1. The van der Waals surface area contributed by atoms with E-state index in [1.54, 1.807) is 6.07 Å². The zero-order valence-corrected chi connectivity index (χ0v) is 8.56. The van der Waals surface area contributed by atoms with Gasteiger partial charge in [0.15, 0.2) is 0 Å². The Kier molecular flexibility index (Phi) is 4.38. The van der Waals surface area contributed by atoms with E-state index in [2.05, 4.69) is 4.98 Å². The van der Waals surface area contributed by atoms with Gasteiger partial charge in [-0.1, -0.05) is 0 Å². The number of nitrogens with two attached hydrogens (primary N) is 1. The summed E-state index contributed by atoms with van der Waals surface area (Å²) >= 11 is 0. The van der Waals surface area contributed by atoms with Crippen LogP contribution in [0.15, 0.2) is 12.3 Å². The fourth-order valence-electron chi connectivity index (χ4n) is 1.01. The van der Waals surface area contributed by atoms with Crippen LogP contribution >= 0.6 is 0 Å². The normalized spacial score (nSPS) is 9.60. The summed E-state index contributed by atoms with van der Waals surface area (Å²) < 4.78 is 10.4. The van der Waals surface area contributed by atoms with Gasteiger partial charge in [0.25, 0.3) is 0 Å². The molecule has 1 heterocycles. The predicted molar refractivity (Wildman–Crippen MR) is 55.4 cm³/mol. The summed E-state index contributed by atoms with van der Waals surface area (Å²) in [6.07, 6.45) is 1.49. The molecule has 0 aromatic carbocycles. The molecular weight excluding hydrogens is 194 g/mol. The Morgan fingerprint density at radius 3 is 3.00 bits per heavy atom. The molecule has 80 valence electrons. The zero-order chi connectivity index (χ0) is 11.1. The van der Waals surface area contributed by atoms with Crippen LogP contribution in [0.5, 0.6) is 5.88 Å². The van der Waals surface area contributed by atoms with E-state index >= 15 is 0 Å². The number of pyridine rings is 1. The number of nitrogen functional groups attached to an aromatic ring is 1. The average Bonchev–Trinajstić information content (AvgIpc) is 2.26. The van der Waals surface area contributed by atoms with Crippen molar-refractivity contribution in [1.29, 1.82) is 5.26 Å². The lowest BCUT2D eigenvalue weighted by atomic mass is 10.2. The summed E-state index contributed by atoms with van der Waals surface area (Å²) in [6, 6.07) is 3.51. The number of hydrogen-bond donors (Lipinski definition) is 1. The third kappa shape index (κ3) is 3.11. The molecule has 0 atom stereocenters. The van der Waals surface area contributed by atoms with Crippen LogP contribution in [0.2, 0.25) is 0 Å². The van der Waals surface area contributed by atoms with E-state index in [0.29, 0.717) is 25.4 Å². The van der Waals surface area contributed by atoms with Crippen molar-refractivity contribution in [3.8, 4) is 11.9 Å². The number of aromatic nitrogens is 1. The zero-order valence-electron chi connectivity index (χ0n) is 8.56. The third-order valence-electron chi connectivity index (χ3n) is 1.74. The van der Waals surface area contributed by atoms with Gasteiger partial charge in [-0.25, -0.2) is 4.98 Å². The van der Waals surface area contributed by atoms with Gasteiger partial charge in [-0.05, 0) is 13.0 Å². The standard InChI is InChI=1S/C10H13N3O2/c1-2-14-5-6-15-10-9(12)8(7-11)3-4-13-10/h3-4H,2,5-6,12H2,1H3. The first-order chi connectivity index (χ1) is 7.29. The molecule has 1 aromatic rings. The highest BCUT2D eigenvalue weighted by Crippen LogP contribution is 2.20. The Balaban J connectivity index is 2.58. The Morgan fingerprint density at radius 2 is 2.33 bits per heavy atom. The summed E-state index contributed by atoms with van der Waals surface area (Å²) in [7, 11) is 0. The molecule has 1 rings (SSSR count). The first kappa shape index (κ1) is 11.3. The number of hydrogen-bond acceptors (Lipinski definition) is 5. The van der Waals surface area contributed by atoms with E-state index < -0.39 is 0 Å².